The smallest absolute Gasteiger partial charge is 0.327 e. The van der Waals surface area contributed by atoms with E-state index in [1.807, 2.05) is 4.90 Å². The maximum absolute atomic E-state index is 12.1. The van der Waals surface area contributed by atoms with Crippen LogP contribution in [0.2, 0.25) is 0 Å². The number of nitrogens with one attached hydrogen (secondary N) is 1. The second-order valence-electron chi connectivity index (χ2n) is 4.96. The number of carbonyl (C=O) groups is 1. The van der Waals surface area contributed by atoms with Crippen LogP contribution in [0.1, 0.15) is 12.8 Å². The van der Waals surface area contributed by atoms with Gasteiger partial charge in [-0.3, -0.25) is 9.69 Å². The average molecular weight is 276 g/mol. The fraction of sp³-hybridized carbons (Fsp3) is 0.909. The Hall–Kier alpha value is -0.660. The van der Waals surface area contributed by atoms with E-state index in [9.17, 15) is 13.2 Å². The van der Waals surface area contributed by atoms with Gasteiger partial charge in [-0.1, -0.05) is 0 Å². The van der Waals surface area contributed by atoms with E-state index in [0.717, 1.165) is 26.1 Å². The summed E-state index contributed by atoms with van der Waals surface area (Å²) in [7, 11) is -1.81. The third-order valence-electron chi connectivity index (χ3n) is 3.80. The summed E-state index contributed by atoms with van der Waals surface area (Å²) in [5.41, 5.74) is -0.959. The molecule has 2 rings (SSSR count). The zero-order valence-electron chi connectivity index (χ0n) is 10.6. The van der Waals surface area contributed by atoms with E-state index in [4.69, 9.17) is 4.74 Å². The number of esters is 1. The number of sulfone groups is 1. The number of hydrogen-bond acceptors (Lipinski definition) is 6. The molecule has 0 spiro atoms. The number of carbonyl (C=O) groups excluding carboxylic acids is 1. The quantitative estimate of drug-likeness (QED) is 0.653. The van der Waals surface area contributed by atoms with Crippen molar-refractivity contribution in [3.63, 3.8) is 0 Å². The van der Waals surface area contributed by atoms with Crippen molar-refractivity contribution in [1.82, 2.24) is 10.2 Å². The van der Waals surface area contributed by atoms with E-state index < -0.39 is 21.3 Å². The van der Waals surface area contributed by atoms with Crippen LogP contribution in [0, 0.1) is 0 Å². The minimum Gasteiger partial charge on any atom is -0.468 e. The standard InChI is InChI=1S/C11H20N2O4S/c1-17-10(14)11(3-8-18(15,16)9-11)13-6-2-4-12-5-7-13/h12H,2-9H2,1H3. The molecular formula is C11H20N2O4S. The number of rotatable bonds is 2. The highest BCUT2D eigenvalue weighted by Gasteiger charge is 2.53. The minimum atomic E-state index is -3.13. The van der Waals surface area contributed by atoms with E-state index in [1.165, 1.54) is 7.11 Å². The molecule has 2 saturated heterocycles. The molecule has 7 heteroatoms. The molecule has 0 aromatic carbocycles. The fourth-order valence-electron chi connectivity index (χ4n) is 2.84. The van der Waals surface area contributed by atoms with Crippen LogP contribution in [0.15, 0.2) is 0 Å². The molecule has 0 amide bonds. The van der Waals surface area contributed by atoms with Gasteiger partial charge in [0.05, 0.1) is 18.6 Å². The van der Waals surface area contributed by atoms with E-state index in [2.05, 4.69) is 5.32 Å². The van der Waals surface area contributed by atoms with Gasteiger partial charge in [-0.05, 0) is 19.4 Å². The topological polar surface area (TPSA) is 75.7 Å². The second-order valence-corrected chi connectivity index (χ2v) is 7.14. The van der Waals surface area contributed by atoms with Crippen LogP contribution < -0.4 is 5.32 Å². The Balaban J connectivity index is 2.27. The first-order valence-electron chi connectivity index (χ1n) is 6.25. The highest BCUT2D eigenvalue weighted by molar-refractivity contribution is 7.91. The van der Waals surface area contributed by atoms with E-state index in [-0.39, 0.29) is 11.5 Å². The van der Waals surface area contributed by atoms with E-state index in [1.54, 1.807) is 0 Å². The Kier molecular flexibility index (Phi) is 3.93. The third kappa shape index (κ3) is 2.53. The molecule has 0 aromatic rings. The lowest BCUT2D eigenvalue weighted by Gasteiger charge is -2.36. The Morgan fingerprint density at radius 2 is 2.11 bits per heavy atom. The van der Waals surface area contributed by atoms with E-state index in [0.29, 0.717) is 13.0 Å². The Labute approximate surface area is 108 Å². The van der Waals surface area contributed by atoms with Crippen molar-refractivity contribution >= 4 is 15.8 Å². The Morgan fingerprint density at radius 1 is 1.33 bits per heavy atom. The van der Waals surface area contributed by atoms with Crippen molar-refractivity contribution < 1.29 is 17.9 Å². The van der Waals surface area contributed by atoms with Crippen LogP contribution in [-0.4, -0.2) is 69.6 Å². The maximum Gasteiger partial charge on any atom is 0.327 e. The number of hydrogen-bond donors (Lipinski definition) is 1. The molecule has 6 nitrogen and oxygen atoms in total. The molecule has 2 fully saturated rings. The minimum absolute atomic E-state index is 0.0754. The molecule has 2 aliphatic rings. The molecule has 2 aliphatic heterocycles. The van der Waals surface area contributed by atoms with Crippen LogP contribution in [0.4, 0.5) is 0 Å². The van der Waals surface area contributed by atoms with Crippen LogP contribution >= 0.6 is 0 Å². The lowest BCUT2D eigenvalue weighted by Crippen LogP contribution is -2.57. The first-order valence-corrected chi connectivity index (χ1v) is 8.07. The molecule has 18 heavy (non-hydrogen) atoms. The van der Waals surface area contributed by atoms with Crippen LogP contribution in [-0.2, 0) is 19.4 Å². The van der Waals surface area contributed by atoms with Crippen molar-refractivity contribution in [2.24, 2.45) is 0 Å². The lowest BCUT2D eigenvalue weighted by molar-refractivity contribution is -0.153. The summed E-state index contributed by atoms with van der Waals surface area (Å²) < 4.78 is 28.3. The largest absolute Gasteiger partial charge is 0.468 e. The summed E-state index contributed by atoms with van der Waals surface area (Å²) in [4.78, 5) is 14.1. The zero-order valence-corrected chi connectivity index (χ0v) is 11.5. The molecule has 2 heterocycles. The monoisotopic (exact) mass is 276 g/mol. The van der Waals surface area contributed by atoms with Gasteiger partial charge in [-0.2, -0.15) is 0 Å². The fourth-order valence-corrected chi connectivity index (χ4v) is 4.80. The molecule has 1 N–H and O–H groups in total. The Morgan fingerprint density at radius 3 is 2.72 bits per heavy atom. The first kappa shape index (κ1) is 13.8. The van der Waals surface area contributed by atoms with Gasteiger partial charge in [0.25, 0.3) is 0 Å². The summed E-state index contributed by atoms with van der Waals surface area (Å²) in [6.45, 7) is 3.10. The average Bonchev–Trinajstić information content (AvgIpc) is 2.57. The summed E-state index contributed by atoms with van der Waals surface area (Å²) in [6.07, 6.45) is 1.26. The van der Waals surface area contributed by atoms with Gasteiger partial charge >= 0.3 is 5.97 Å². The molecular weight excluding hydrogens is 256 g/mol. The van der Waals surface area contributed by atoms with Gasteiger partial charge in [0, 0.05) is 19.6 Å². The first-order chi connectivity index (χ1) is 8.50. The number of ether oxygens (including phenoxy) is 1. The molecule has 1 unspecified atom stereocenters. The van der Waals surface area contributed by atoms with Crippen molar-refractivity contribution in [2.45, 2.75) is 18.4 Å². The van der Waals surface area contributed by atoms with Gasteiger partial charge in [-0.25, -0.2) is 8.42 Å². The van der Waals surface area contributed by atoms with Crippen LogP contribution in [0.3, 0.4) is 0 Å². The summed E-state index contributed by atoms with van der Waals surface area (Å²) in [6, 6.07) is 0. The summed E-state index contributed by atoms with van der Waals surface area (Å²) in [5, 5.41) is 3.25. The summed E-state index contributed by atoms with van der Waals surface area (Å²) >= 11 is 0. The van der Waals surface area contributed by atoms with Gasteiger partial charge in [0.15, 0.2) is 9.84 Å². The maximum atomic E-state index is 12.1. The molecule has 1 atom stereocenters. The molecule has 104 valence electrons. The molecule has 0 radical (unpaired) electrons. The van der Waals surface area contributed by atoms with Gasteiger partial charge in [0.2, 0.25) is 0 Å². The normalized spacial score (nSPS) is 32.9. The van der Waals surface area contributed by atoms with Gasteiger partial charge in [-0.15, -0.1) is 0 Å². The lowest BCUT2D eigenvalue weighted by atomic mass is 9.96. The van der Waals surface area contributed by atoms with Crippen LogP contribution in [0.5, 0.6) is 0 Å². The molecule has 0 aliphatic carbocycles. The van der Waals surface area contributed by atoms with E-state index >= 15 is 0 Å². The van der Waals surface area contributed by atoms with Crippen molar-refractivity contribution in [3.05, 3.63) is 0 Å². The summed E-state index contributed by atoms with van der Waals surface area (Å²) in [5.74, 6) is -0.441. The highest BCUT2D eigenvalue weighted by atomic mass is 32.2. The second kappa shape index (κ2) is 5.14. The molecule has 0 saturated carbocycles. The predicted molar refractivity (Wildman–Crippen MR) is 67.1 cm³/mol. The van der Waals surface area contributed by atoms with Crippen LogP contribution in [0.25, 0.3) is 0 Å². The SMILES string of the molecule is COC(=O)C1(N2CCCNCC2)CCS(=O)(=O)C1. The van der Waals surface area contributed by atoms with Gasteiger partial charge in [0.1, 0.15) is 5.54 Å². The van der Waals surface area contributed by atoms with Crippen molar-refractivity contribution in [2.75, 3.05) is 44.8 Å². The van der Waals surface area contributed by atoms with Crippen molar-refractivity contribution in [3.8, 4) is 0 Å². The number of methoxy groups -OCH3 is 1. The zero-order chi connectivity index (χ0) is 13.2. The highest BCUT2D eigenvalue weighted by Crippen LogP contribution is 2.31. The van der Waals surface area contributed by atoms with Crippen molar-refractivity contribution in [1.29, 1.82) is 0 Å². The number of nitrogens with zero attached hydrogens (tertiary/aromatic N) is 1. The Bertz CT molecular complexity index is 415. The molecule has 0 bridgehead atoms. The third-order valence-corrected chi connectivity index (χ3v) is 5.54. The van der Waals surface area contributed by atoms with Gasteiger partial charge < -0.3 is 10.1 Å². The molecule has 0 aromatic heterocycles. The predicted octanol–water partition coefficient (Wildman–Crippen LogP) is -0.988.